The lowest BCUT2D eigenvalue weighted by molar-refractivity contribution is 0.0975. The Balaban J connectivity index is 0.000000203. The van der Waals surface area contributed by atoms with Gasteiger partial charge in [-0.2, -0.15) is 0 Å². The van der Waals surface area contributed by atoms with Crippen LogP contribution in [0.1, 0.15) is 146 Å². The van der Waals surface area contributed by atoms with E-state index in [4.69, 9.17) is 18.9 Å². The lowest BCUT2D eigenvalue weighted by Gasteiger charge is -2.33. The molecule has 0 saturated carbocycles. The van der Waals surface area contributed by atoms with Crippen LogP contribution in [0.25, 0.3) is 35.1 Å². The Hall–Kier alpha value is -16.3. The number of hydrogen-bond acceptors (Lipinski definition) is 20. The molecule has 0 spiro atoms. The Kier molecular flexibility index (Phi) is 40.2. The molecule has 13 rings (SSSR count). The molecule has 7 aromatic rings. The molecule has 39 nitrogen and oxygen atoms in total. The monoisotopic (exact) mass is 1860 g/mol. The summed E-state index contributed by atoms with van der Waals surface area (Å²) >= 11 is 0. The first-order valence-corrected chi connectivity index (χ1v) is 44.3. The molecule has 6 saturated heterocycles. The summed E-state index contributed by atoms with van der Waals surface area (Å²) in [4.78, 5) is 94.2. The Bertz CT molecular complexity index is 5860. The molecule has 0 bridgehead atoms. The van der Waals surface area contributed by atoms with E-state index in [2.05, 4.69) is 120 Å². The number of urea groups is 6. The van der Waals surface area contributed by atoms with Gasteiger partial charge in [-0.05, 0) is 212 Å². The van der Waals surface area contributed by atoms with Gasteiger partial charge in [0.25, 0.3) is 0 Å². The number of methoxy groups -OCH3 is 1. The molecule has 718 valence electrons. The van der Waals surface area contributed by atoms with Gasteiger partial charge in [0.15, 0.2) is 17.3 Å². The highest BCUT2D eigenvalue weighted by molar-refractivity contribution is 5.99. The fourth-order valence-electron chi connectivity index (χ4n) is 16.9. The SMILES string of the molecule is COc1cc(C#[N+][O-])ccc1OCCN1CCNC1=O.Cc1cc(C)c(C(=O)CCCN2CCNC2=O)c(C)c1C#[N+][O-].Cc1cc(C)c(N(CCN2CCNC2=O)c2c(C)cc(C)c(C#[N+][O-])c2C)c(C)c1C#[N+][O-].Cc1cc(C)c(NCCN2CCNC2=O)c(C)c1C#[N+][O-].Cc1cc(C)c(OCCN2CCNC2=O)c(C)c1C#[N+][O-].O=C1NCCN1CCOc1ccccc1C#[N+][O-]. The highest BCUT2D eigenvalue weighted by atomic mass is 16.5. The number of ether oxygens (including phenoxy) is 4. The zero-order valence-corrected chi connectivity index (χ0v) is 79.7. The minimum atomic E-state index is -0.0790. The number of anilines is 3. The Morgan fingerprint density at radius 1 is 0.375 bits per heavy atom. The molecule has 136 heavy (non-hydrogen) atoms. The van der Waals surface area contributed by atoms with Crippen molar-refractivity contribution in [2.45, 2.75) is 117 Å². The van der Waals surface area contributed by atoms with Gasteiger partial charge in [-0.3, -0.25) is 4.79 Å². The smallest absolute Gasteiger partial charge is 0.340 e. The van der Waals surface area contributed by atoms with Crippen LogP contribution in [0.5, 0.6) is 23.0 Å². The first-order chi connectivity index (χ1) is 65.3. The van der Waals surface area contributed by atoms with E-state index in [1.807, 2.05) is 134 Å². The number of amides is 12. The third-order valence-electron chi connectivity index (χ3n) is 23.3. The number of carbonyl (C=O) groups is 7. The van der Waals surface area contributed by atoms with Crippen LogP contribution in [0.2, 0.25) is 0 Å². The summed E-state index contributed by atoms with van der Waals surface area (Å²) in [6, 6.07) is 38.6. The maximum Gasteiger partial charge on any atom is 0.340 e. The van der Waals surface area contributed by atoms with E-state index in [1.165, 1.54) is 7.11 Å². The van der Waals surface area contributed by atoms with Gasteiger partial charge in [0.1, 0.15) is 70.3 Å². The van der Waals surface area contributed by atoms with Crippen molar-refractivity contribution >= 4 is 59.0 Å². The molecule has 0 aliphatic carbocycles. The molecular formula is C97H117N21O18. The first kappa shape index (κ1) is 105. The maximum atomic E-state index is 12.6. The lowest BCUT2D eigenvalue weighted by Crippen LogP contribution is -2.36. The molecule has 6 aliphatic heterocycles. The van der Waals surface area contributed by atoms with E-state index in [9.17, 15) is 70.0 Å². The highest BCUT2D eigenvalue weighted by Gasteiger charge is 2.31. The Morgan fingerprint density at radius 2 is 0.743 bits per heavy atom. The molecule has 0 atom stereocenters. The largest absolute Gasteiger partial charge is 0.498 e. The molecule has 6 aliphatic rings. The van der Waals surface area contributed by atoms with Gasteiger partial charge >= 0.3 is 78.7 Å². The number of ketones is 1. The van der Waals surface area contributed by atoms with Crippen molar-refractivity contribution in [3.63, 3.8) is 0 Å². The van der Waals surface area contributed by atoms with E-state index < -0.39 is 0 Å². The van der Waals surface area contributed by atoms with Gasteiger partial charge in [-0.1, -0.05) is 42.5 Å². The van der Waals surface area contributed by atoms with Crippen LogP contribution in [0.4, 0.5) is 45.8 Å². The van der Waals surface area contributed by atoms with Crippen LogP contribution < -0.4 is 61.1 Å². The summed E-state index contributed by atoms with van der Waals surface area (Å²) in [6.45, 7) is 42.8. The number of rotatable bonds is 27. The Labute approximate surface area is 791 Å². The summed E-state index contributed by atoms with van der Waals surface area (Å²) < 4.78 is 22.1. The van der Waals surface area contributed by atoms with E-state index in [1.54, 1.807) is 71.9 Å². The van der Waals surface area contributed by atoms with Gasteiger partial charge in [0.05, 0.1) is 26.7 Å². The second-order valence-corrected chi connectivity index (χ2v) is 32.6. The summed E-state index contributed by atoms with van der Waals surface area (Å²) in [5.41, 5.74) is 21.7. The average Bonchev–Trinajstić information content (AvgIpc) is 0.779. The number of Topliss-reactive ketones (excluding diaryl/α,β-unsaturated/α-hetero) is 1. The number of nitrogens with zero attached hydrogens (tertiary/aromatic N) is 14. The molecule has 0 aromatic heterocycles. The first-order valence-electron chi connectivity index (χ1n) is 44.3. The van der Waals surface area contributed by atoms with E-state index in [-0.39, 0.29) is 42.0 Å². The second-order valence-electron chi connectivity index (χ2n) is 32.6. The molecule has 39 heteroatoms. The van der Waals surface area contributed by atoms with Crippen molar-refractivity contribution < 1.29 is 52.5 Å². The van der Waals surface area contributed by atoms with Crippen LogP contribution in [-0.2, 0) is 0 Å². The number of para-hydroxylation sites is 1. The van der Waals surface area contributed by atoms with Crippen LogP contribution in [0.3, 0.4) is 0 Å². The summed E-state index contributed by atoms with van der Waals surface area (Å²) in [5, 5.41) is 113. The van der Waals surface area contributed by atoms with Gasteiger partial charge in [0.2, 0.25) is 0 Å². The zero-order chi connectivity index (χ0) is 99.2. The molecule has 0 radical (unpaired) electrons. The maximum absolute atomic E-state index is 12.6. The molecule has 12 amide bonds. The van der Waals surface area contributed by atoms with Crippen molar-refractivity contribution in [1.29, 1.82) is 0 Å². The van der Waals surface area contributed by atoms with Crippen molar-refractivity contribution in [3.05, 3.63) is 272 Å². The van der Waals surface area contributed by atoms with Crippen LogP contribution in [0.15, 0.2) is 72.8 Å². The van der Waals surface area contributed by atoms with E-state index in [0.717, 1.165) is 118 Å². The molecule has 7 aromatic carbocycles. The van der Waals surface area contributed by atoms with Crippen LogP contribution >= 0.6 is 0 Å². The summed E-state index contributed by atoms with van der Waals surface area (Å²) in [5.74, 6) is 2.32. The molecular weight excluding hydrogens is 1750 g/mol. The van der Waals surface area contributed by atoms with Crippen molar-refractivity contribution in [2.75, 3.05) is 168 Å². The molecule has 6 heterocycles. The second kappa shape index (κ2) is 52.0. The lowest BCUT2D eigenvalue weighted by atomic mass is 9.90. The number of nitrogens with one attached hydrogen (secondary N) is 7. The molecule has 0 unspecified atom stereocenters. The minimum Gasteiger partial charge on any atom is -0.498 e. The van der Waals surface area contributed by atoms with Gasteiger partial charge in [-0.25, -0.2) is 28.8 Å². The quantitative estimate of drug-likeness (QED) is 0.0186. The fourth-order valence-corrected chi connectivity index (χ4v) is 16.9. The summed E-state index contributed by atoms with van der Waals surface area (Å²) in [6.07, 6.45) is 0.982. The summed E-state index contributed by atoms with van der Waals surface area (Å²) in [7, 11) is 1.51. The van der Waals surface area contributed by atoms with Gasteiger partial charge in [-0.15, -0.1) is 0 Å². The molecule has 6 fully saturated rings. The number of aryl methyl sites for hydroxylation is 10. The topological polar surface area (TPSA) is 455 Å². The van der Waals surface area contributed by atoms with Crippen LogP contribution in [0, 0.1) is 183 Å². The van der Waals surface area contributed by atoms with Crippen molar-refractivity contribution in [1.82, 2.24) is 61.3 Å². The Morgan fingerprint density at radius 3 is 1.17 bits per heavy atom. The highest BCUT2D eigenvalue weighted by Crippen LogP contribution is 2.41. The number of carbonyl (C=O) groups excluding carboxylic acids is 7. The minimum absolute atomic E-state index is 0.0124. The van der Waals surface area contributed by atoms with Crippen molar-refractivity contribution in [3.8, 4) is 65.5 Å². The van der Waals surface area contributed by atoms with E-state index >= 15 is 0 Å². The average molecular weight is 1870 g/mol. The molecule has 7 N–H and O–H groups in total. The van der Waals surface area contributed by atoms with Crippen LogP contribution in [-0.4, -0.2) is 229 Å². The predicted octanol–water partition coefficient (Wildman–Crippen LogP) is 14.8. The normalized spacial score (nSPS) is 13.4. The van der Waals surface area contributed by atoms with E-state index in [0.29, 0.717) is 213 Å². The van der Waals surface area contributed by atoms with Gasteiger partial charge < -0.3 is 127 Å². The standard InChI is InChI=1S/C25H29N5O3.C17H21N3O3.C15H20N4O2.C15H19N3O3.C13H15N3O4.C12H13N3O3/c1-15-11-17(3)23(19(5)21(15)13-27-32)30(10-9-29-8-7-26-25(29)31)24-18(4)12-16(2)22(14-28-33)20(24)6;1-11-9-12(2)16(13(3)14(11)10-19-23)15(21)5-4-7-20-8-6-18-17(20)22;1-10-8-11(2)14(12(3)13(10)9-18-21)16-4-6-19-7-5-17-15(19)20;1-10-8-11(2)14(12(3)13(10)9-17-20)21-7-6-18-5-4-16-15(18)19;1-19-12-8-10(9-15-18)2-3-11(12)20-7-6-16-5-4-14-13(16)17;16-12-13-5-6-15(12)7-8-18-11-4-2-1-3-10(11)9-14-17/h11-12H,7-10H2,1-6H3,(H,26,31);9H,4-8H2,1-3H3,(H,18,22);8,16H,4-7H2,1-3H3,(H,17,20);8H,4-7H2,1-3H3,(H,16,19);2-3,8H,4-7H2,1H3,(H,14,17);1-4H,5-8H2,(H,13,16). The van der Waals surface area contributed by atoms with Crippen molar-refractivity contribution in [2.24, 2.45) is 0 Å². The third-order valence-corrected chi connectivity index (χ3v) is 23.3. The predicted molar refractivity (Wildman–Crippen MR) is 526 cm³/mol. The number of benzene rings is 7. The fraction of sp³-hybridized carbons (Fsp3) is 0.423. The number of hydrogen-bond donors (Lipinski definition) is 7. The van der Waals surface area contributed by atoms with Gasteiger partial charge in [0, 0.05) is 187 Å². The zero-order valence-electron chi connectivity index (χ0n) is 79.7. The third kappa shape index (κ3) is 28.4.